The first-order valence-electron chi connectivity index (χ1n) is 11.6. The number of amidine groups is 1. The zero-order valence-electron chi connectivity index (χ0n) is 21.0. The summed E-state index contributed by atoms with van der Waals surface area (Å²) in [5.41, 5.74) is 6.48. The molecule has 15 heteroatoms. The molecule has 1 aliphatic carbocycles. The maximum absolute atomic E-state index is 13.5. The maximum atomic E-state index is 13.5. The van der Waals surface area contributed by atoms with E-state index < -0.39 is 17.7 Å². The summed E-state index contributed by atoms with van der Waals surface area (Å²) in [5, 5.41) is 35.6. The van der Waals surface area contributed by atoms with Gasteiger partial charge in [-0.1, -0.05) is 13.8 Å². The van der Waals surface area contributed by atoms with Crippen LogP contribution in [0.4, 0.5) is 8.78 Å². The second kappa shape index (κ2) is 12.1. The molecule has 0 aliphatic heterocycles. The van der Waals surface area contributed by atoms with Crippen LogP contribution in [-0.4, -0.2) is 54.9 Å². The molecule has 0 aromatic carbocycles. The molecule has 0 bridgehead atoms. The number of allylic oxidation sites excluding steroid dienone is 2. The molecule has 0 spiro atoms. The molecule has 2 atom stereocenters. The minimum Gasteiger partial charge on any atom is -0.504 e. The van der Waals surface area contributed by atoms with Gasteiger partial charge in [-0.15, -0.1) is 5.10 Å². The Balaban J connectivity index is 1.98. The SMILES string of the molecule is CCPC(=O)C1=C(NC(=O)c2cc(CN=NN=C(N)C(C)(F)F)nn2-c2ncccc2O)C(C)CC(=N)C1. The van der Waals surface area contributed by atoms with Crippen LogP contribution in [0.1, 0.15) is 49.8 Å². The van der Waals surface area contributed by atoms with Gasteiger partial charge in [-0.2, -0.15) is 19.0 Å². The number of pyridine rings is 1. The van der Waals surface area contributed by atoms with Gasteiger partial charge in [0.05, 0.1) is 5.69 Å². The highest BCUT2D eigenvalue weighted by Gasteiger charge is 2.30. The molecule has 2 unspecified atom stereocenters. The van der Waals surface area contributed by atoms with E-state index in [4.69, 9.17) is 11.1 Å². The lowest BCUT2D eigenvalue weighted by atomic mass is 9.87. The van der Waals surface area contributed by atoms with Gasteiger partial charge < -0.3 is 21.6 Å². The quantitative estimate of drug-likeness (QED) is 0.116. The number of aromatic nitrogens is 3. The summed E-state index contributed by atoms with van der Waals surface area (Å²) in [5.74, 6) is -5.55. The van der Waals surface area contributed by atoms with Crippen LogP contribution in [-0.2, 0) is 11.3 Å². The van der Waals surface area contributed by atoms with Crippen molar-refractivity contribution < 1.29 is 23.5 Å². The minimum absolute atomic E-state index is 0.0248. The van der Waals surface area contributed by atoms with E-state index in [0.29, 0.717) is 36.5 Å². The van der Waals surface area contributed by atoms with Crippen molar-refractivity contribution in [1.29, 1.82) is 5.41 Å². The van der Waals surface area contributed by atoms with E-state index >= 15 is 0 Å². The van der Waals surface area contributed by atoms with Crippen molar-refractivity contribution in [1.82, 2.24) is 20.1 Å². The van der Waals surface area contributed by atoms with Crippen LogP contribution in [0.5, 0.6) is 5.75 Å². The van der Waals surface area contributed by atoms with E-state index in [1.165, 1.54) is 24.4 Å². The summed E-state index contributed by atoms with van der Waals surface area (Å²) < 4.78 is 27.3. The van der Waals surface area contributed by atoms with Crippen molar-refractivity contribution in [2.75, 3.05) is 6.16 Å². The van der Waals surface area contributed by atoms with Gasteiger partial charge in [0.1, 0.15) is 12.2 Å². The van der Waals surface area contributed by atoms with E-state index in [0.717, 1.165) is 4.68 Å². The highest BCUT2D eigenvalue weighted by atomic mass is 31.1. The molecular formula is C23H28F2N9O3P. The number of rotatable bonds is 10. The molecule has 1 amide bonds. The smallest absolute Gasteiger partial charge is 0.303 e. The number of hydrogen-bond acceptors (Lipinski definition) is 8. The Kier molecular flexibility index (Phi) is 9.10. The zero-order valence-corrected chi connectivity index (χ0v) is 22.0. The van der Waals surface area contributed by atoms with Crippen LogP contribution in [0, 0.1) is 11.3 Å². The van der Waals surface area contributed by atoms with Crippen molar-refractivity contribution in [3.63, 3.8) is 0 Å². The average Bonchev–Trinajstić information content (AvgIpc) is 3.27. The monoisotopic (exact) mass is 547 g/mol. The van der Waals surface area contributed by atoms with Gasteiger partial charge in [-0.3, -0.25) is 9.59 Å². The molecule has 0 saturated heterocycles. The molecule has 0 saturated carbocycles. The Morgan fingerprint density at radius 2 is 2.16 bits per heavy atom. The normalized spacial score (nSPS) is 17.1. The summed E-state index contributed by atoms with van der Waals surface area (Å²) in [6.45, 7) is 4.04. The molecule has 5 N–H and O–H groups in total. The van der Waals surface area contributed by atoms with E-state index in [-0.39, 0.29) is 55.9 Å². The Labute approximate surface area is 218 Å². The molecule has 3 rings (SSSR count). The van der Waals surface area contributed by atoms with Crippen LogP contribution in [0.2, 0.25) is 0 Å². The minimum atomic E-state index is -3.36. The third-order valence-electron chi connectivity index (χ3n) is 5.48. The highest BCUT2D eigenvalue weighted by molar-refractivity contribution is 7.58. The predicted octanol–water partition coefficient (Wildman–Crippen LogP) is 3.51. The standard InChI is InChI=1S/C23H28F2N9O3P/c1-4-38-21(37)15-9-13(26)8-12(2)18(15)30-20(36)16-10-14(11-29-33-31-22(27)23(3,24)25)32-34(16)19-17(35)6-5-7-28-19/h5-7,10,12,26,35,38H,4,8-9,11H2,1-3H3,(H,30,36)(H2,27,29,31). The van der Waals surface area contributed by atoms with Crippen LogP contribution < -0.4 is 11.1 Å². The molecular weight excluding hydrogens is 519 g/mol. The first kappa shape index (κ1) is 28.6. The second-order valence-corrected chi connectivity index (χ2v) is 10.1. The van der Waals surface area contributed by atoms with Gasteiger partial charge in [-0.25, -0.2) is 9.67 Å². The molecule has 202 valence electrons. The molecule has 2 aromatic rings. The Hall–Kier alpha value is -3.93. The summed E-state index contributed by atoms with van der Waals surface area (Å²) >= 11 is 0. The summed E-state index contributed by atoms with van der Waals surface area (Å²) in [6, 6.07) is 4.24. The van der Waals surface area contributed by atoms with Crippen molar-refractivity contribution in [2.45, 2.75) is 46.1 Å². The van der Waals surface area contributed by atoms with Crippen molar-refractivity contribution in [3.05, 3.63) is 47.1 Å². The Bertz CT molecular complexity index is 1330. The molecule has 0 fully saturated rings. The van der Waals surface area contributed by atoms with Crippen LogP contribution >= 0.6 is 8.58 Å². The number of nitrogens with two attached hydrogens (primary N) is 1. The van der Waals surface area contributed by atoms with Gasteiger partial charge in [0.25, 0.3) is 5.91 Å². The van der Waals surface area contributed by atoms with Gasteiger partial charge in [0.15, 0.2) is 22.9 Å². The first-order valence-corrected chi connectivity index (χ1v) is 12.8. The lowest BCUT2D eigenvalue weighted by Gasteiger charge is -2.26. The number of halogens is 2. The third-order valence-corrected chi connectivity index (χ3v) is 6.45. The number of alkyl halides is 2. The first-order chi connectivity index (χ1) is 17.9. The van der Waals surface area contributed by atoms with E-state index in [1.807, 2.05) is 13.8 Å². The molecule has 2 heterocycles. The average molecular weight is 548 g/mol. The van der Waals surface area contributed by atoms with Crippen molar-refractivity contribution >= 4 is 31.6 Å². The topological polar surface area (TPSA) is 184 Å². The Morgan fingerprint density at radius 1 is 1.42 bits per heavy atom. The fourth-order valence-electron chi connectivity index (χ4n) is 3.66. The van der Waals surface area contributed by atoms with Crippen LogP contribution in [0.25, 0.3) is 5.82 Å². The summed E-state index contributed by atoms with van der Waals surface area (Å²) in [6.07, 6.45) is 2.62. The van der Waals surface area contributed by atoms with E-state index in [9.17, 15) is 23.5 Å². The number of aromatic hydroxyl groups is 1. The van der Waals surface area contributed by atoms with E-state index in [1.54, 1.807) is 0 Å². The number of nitrogens with zero attached hydrogens (tertiary/aromatic N) is 6. The molecule has 0 radical (unpaired) electrons. The van der Waals surface area contributed by atoms with Crippen LogP contribution in [0.3, 0.4) is 0 Å². The van der Waals surface area contributed by atoms with Gasteiger partial charge >= 0.3 is 5.92 Å². The van der Waals surface area contributed by atoms with E-state index in [2.05, 4.69) is 30.8 Å². The number of amides is 1. The zero-order chi connectivity index (χ0) is 28.0. The lowest BCUT2D eigenvalue weighted by Crippen LogP contribution is -2.34. The predicted molar refractivity (Wildman–Crippen MR) is 138 cm³/mol. The van der Waals surface area contributed by atoms with Gasteiger partial charge in [0, 0.05) is 42.4 Å². The molecule has 1 aliphatic rings. The highest BCUT2D eigenvalue weighted by Crippen LogP contribution is 2.32. The largest absolute Gasteiger partial charge is 0.504 e. The van der Waals surface area contributed by atoms with Gasteiger partial charge in [-0.05, 0) is 44.6 Å². The number of hydrogen-bond donors (Lipinski definition) is 4. The second-order valence-electron chi connectivity index (χ2n) is 8.63. The number of carbonyl (C=O) groups excluding carboxylic acids is 2. The van der Waals surface area contributed by atoms with Crippen LogP contribution in [0.15, 0.2) is 51.1 Å². The maximum Gasteiger partial charge on any atom is 0.303 e. The number of nitrogens with one attached hydrogen (secondary N) is 2. The van der Waals surface area contributed by atoms with Crippen molar-refractivity contribution in [3.8, 4) is 11.6 Å². The third kappa shape index (κ3) is 6.88. The number of carbonyl (C=O) groups is 2. The van der Waals surface area contributed by atoms with Crippen molar-refractivity contribution in [2.24, 2.45) is 27.1 Å². The lowest BCUT2D eigenvalue weighted by molar-refractivity contribution is -0.108. The fraction of sp³-hybridized carbons (Fsp3) is 0.391. The molecule has 38 heavy (non-hydrogen) atoms. The summed E-state index contributed by atoms with van der Waals surface area (Å²) in [4.78, 5) is 30.3. The molecule has 12 nitrogen and oxygen atoms in total. The summed E-state index contributed by atoms with van der Waals surface area (Å²) in [7, 11) is 0.0248. The van der Waals surface area contributed by atoms with Gasteiger partial charge in [0.2, 0.25) is 0 Å². The fourth-order valence-corrected chi connectivity index (χ4v) is 4.42. The molecule has 2 aromatic heterocycles. The Morgan fingerprint density at radius 3 is 2.82 bits per heavy atom.